The number of carbonyl (C=O) groups is 2. The summed E-state index contributed by atoms with van der Waals surface area (Å²) in [6, 6.07) is 7.32. The highest BCUT2D eigenvalue weighted by Gasteiger charge is 2.11. The summed E-state index contributed by atoms with van der Waals surface area (Å²) in [5.74, 6) is -0.512. The molecule has 1 N–H and O–H groups in total. The van der Waals surface area contributed by atoms with E-state index in [4.69, 9.17) is 4.74 Å². The van der Waals surface area contributed by atoms with Crippen LogP contribution in [0.1, 0.15) is 23.5 Å². The number of thiophene rings is 1. The van der Waals surface area contributed by atoms with E-state index in [0.29, 0.717) is 17.2 Å². The van der Waals surface area contributed by atoms with Gasteiger partial charge in [-0.3, -0.25) is 4.79 Å². The van der Waals surface area contributed by atoms with Crippen LogP contribution in [0.15, 0.2) is 48.6 Å². The number of carbonyl (C=O) groups excluding carboxylic acids is 2. The molecule has 0 atom stereocenters. The van der Waals surface area contributed by atoms with Crippen molar-refractivity contribution in [1.82, 2.24) is 0 Å². The van der Waals surface area contributed by atoms with E-state index < -0.39 is 0 Å². The van der Waals surface area contributed by atoms with Crippen LogP contribution in [0.3, 0.4) is 0 Å². The van der Waals surface area contributed by atoms with Gasteiger partial charge >= 0.3 is 5.97 Å². The number of amides is 1. The lowest BCUT2D eigenvalue weighted by molar-refractivity contribution is -0.111. The number of allylic oxidation sites excluding steroid dienone is 3. The summed E-state index contributed by atoms with van der Waals surface area (Å²) in [5.41, 5.74) is 0.691. The van der Waals surface area contributed by atoms with E-state index in [1.54, 1.807) is 25.1 Å². The number of benzene rings is 1. The van der Waals surface area contributed by atoms with E-state index in [1.807, 2.05) is 31.2 Å². The predicted octanol–water partition coefficient (Wildman–Crippen LogP) is 4.15. The van der Waals surface area contributed by atoms with Crippen LogP contribution in [-0.4, -0.2) is 18.5 Å². The molecule has 0 aliphatic carbocycles. The molecule has 0 unspecified atom stereocenters. The largest absolute Gasteiger partial charge is 0.462 e. The number of anilines is 1. The molecule has 0 bridgehead atoms. The summed E-state index contributed by atoms with van der Waals surface area (Å²) < 4.78 is 5.97. The first-order valence-electron chi connectivity index (χ1n) is 6.95. The Bertz CT molecular complexity index is 743. The fourth-order valence-corrected chi connectivity index (χ4v) is 2.80. The summed E-state index contributed by atoms with van der Waals surface area (Å²) in [7, 11) is 0. The van der Waals surface area contributed by atoms with Crippen molar-refractivity contribution in [2.45, 2.75) is 13.8 Å². The molecule has 4 nitrogen and oxygen atoms in total. The van der Waals surface area contributed by atoms with Gasteiger partial charge in [0.1, 0.15) is 4.88 Å². The van der Waals surface area contributed by atoms with Crippen molar-refractivity contribution in [2.75, 3.05) is 11.9 Å². The Morgan fingerprint density at radius 1 is 1.27 bits per heavy atom. The third-order valence-electron chi connectivity index (χ3n) is 2.81. The normalized spacial score (nSPS) is 11.4. The summed E-state index contributed by atoms with van der Waals surface area (Å²) in [6.07, 6.45) is 6.77. The topological polar surface area (TPSA) is 55.4 Å². The second-order valence-electron chi connectivity index (χ2n) is 4.46. The highest BCUT2D eigenvalue weighted by Crippen LogP contribution is 2.28. The molecule has 0 radical (unpaired) electrons. The monoisotopic (exact) mass is 315 g/mol. The van der Waals surface area contributed by atoms with Gasteiger partial charge in [0.05, 0.1) is 6.61 Å². The molecule has 0 spiro atoms. The van der Waals surface area contributed by atoms with Crippen molar-refractivity contribution in [1.29, 1.82) is 0 Å². The summed E-state index contributed by atoms with van der Waals surface area (Å²) in [5, 5.41) is 3.69. The highest BCUT2D eigenvalue weighted by atomic mass is 32.1. The number of nitrogens with one attached hydrogen (secondary N) is 1. The number of fused-ring (bicyclic) bond motifs is 1. The average molecular weight is 315 g/mol. The first-order chi connectivity index (χ1) is 10.6. The van der Waals surface area contributed by atoms with E-state index in [0.717, 1.165) is 10.1 Å². The van der Waals surface area contributed by atoms with Gasteiger partial charge in [-0.2, -0.15) is 0 Å². The van der Waals surface area contributed by atoms with E-state index in [1.165, 1.54) is 17.4 Å². The minimum absolute atomic E-state index is 0.196. The zero-order valence-electron chi connectivity index (χ0n) is 12.5. The lowest BCUT2D eigenvalue weighted by Crippen LogP contribution is -2.07. The van der Waals surface area contributed by atoms with Gasteiger partial charge in [-0.05, 0) is 43.5 Å². The number of hydrogen-bond donors (Lipinski definition) is 1. The minimum atomic E-state index is -0.316. The van der Waals surface area contributed by atoms with Crippen LogP contribution in [0.2, 0.25) is 0 Å². The highest BCUT2D eigenvalue weighted by molar-refractivity contribution is 7.20. The van der Waals surface area contributed by atoms with Gasteiger partial charge < -0.3 is 10.1 Å². The van der Waals surface area contributed by atoms with Gasteiger partial charge in [0.2, 0.25) is 5.91 Å². The predicted molar refractivity (Wildman–Crippen MR) is 90.4 cm³/mol. The number of hydrogen-bond acceptors (Lipinski definition) is 4. The van der Waals surface area contributed by atoms with Crippen LogP contribution < -0.4 is 5.32 Å². The van der Waals surface area contributed by atoms with Crippen molar-refractivity contribution in [2.24, 2.45) is 0 Å². The second kappa shape index (κ2) is 7.56. The zero-order chi connectivity index (χ0) is 15.9. The van der Waals surface area contributed by atoms with Crippen LogP contribution >= 0.6 is 11.3 Å². The molecule has 5 heteroatoms. The van der Waals surface area contributed by atoms with Crippen LogP contribution in [-0.2, 0) is 9.53 Å². The lowest BCUT2D eigenvalue weighted by atomic mass is 10.2. The van der Waals surface area contributed by atoms with Crippen LogP contribution in [0.25, 0.3) is 10.1 Å². The summed E-state index contributed by atoms with van der Waals surface area (Å²) >= 11 is 1.38. The molecule has 1 aromatic carbocycles. The first kappa shape index (κ1) is 16.0. The molecule has 0 aliphatic heterocycles. The fourth-order valence-electron chi connectivity index (χ4n) is 1.86. The van der Waals surface area contributed by atoms with Crippen molar-refractivity contribution in [3.05, 3.63) is 53.4 Å². The van der Waals surface area contributed by atoms with E-state index in [-0.39, 0.29) is 11.9 Å². The molecule has 0 fully saturated rings. The maximum absolute atomic E-state index is 11.7. The third-order valence-corrected chi connectivity index (χ3v) is 3.91. The standard InChI is InChI=1S/C17H17NO3S/c1-3-5-6-7-16(19)18-13-8-9-14-12(10-13)11-15(22-14)17(20)21-4-2/h3,5-11H,4H2,1-2H3,(H,18,19)/b5-3+,7-6+. The second-order valence-corrected chi connectivity index (χ2v) is 5.54. The van der Waals surface area contributed by atoms with Gasteiger partial charge in [0.15, 0.2) is 0 Å². The quantitative estimate of drug-likeness (QED) is 0.512. The maximum atomic E-state index is 11.7. The van der Waals surface area contributed by atoms with E-state index in [2.05, 4.69) is 5.32 Å². The van der Waals surface area contributed by atoms with Crippen molar-refractivity contribution in [3.8, 4) is 0 Å². The minimum Gasteiger partial charge on any atom is -0.462 e. The summed E-state index contributed by atoms with van der Waals surface area (Å²) in [4.78, 5) is 24.0. The number of rotatable bonds is 5. The van der Waals surface area contributed by atoms with Crippen molar-refractivity contribution < 1.29 is 14.3 Å². The number of esters is 1. The molecule has 114 valence electrons. The molecular formula is C17H17NO3S. The Balaban J connectivity index is 2.16. The van der Waals surface area contributed by atoms with Gasteiger partial charge in [0, 0.05) is 16.5 Å². The molecule has 0 aliphatic rings. The van der Waals surface area contributed by atoms with Gasteiger partial charge in [-0.15, -0.1) is 11.3 Å². The SMILES string of the molecule is C/C=C/C=C/C(=O)Nc1ccc2sc(C(=O)OCC)cc2c1. The van der Waals surface area contributed by atoms with E-state index >= 15 is 0 Å². The van der Waals surface area contributed by atoms with E-state index in [9.17, 15) is 9.59 Å². The Morgan fingerprint density at radius 3 is 2.82 bits per heavy atom. The molecule has 0 saturated heterocycles. The lowest BCUT2D eigenvalue weighted by Gasteiger charge is -2.01. The number of ether oxygens (including phenoxy) is 1. The maximum Gasteiger partial charge on any atom is 0.348 e. The molecule has 1 amide bonds. The summed E-state index contributed by atoms with van der Waals surface area (Å²) in [6.45, 7) is 4.01. The van der Waals surface area contributed by atoms with Crippen LogP contribution in [0.5, 0.6) is 0 Å². The fraction of sp³-hybridized carbons (Fsp3) is 0.176. The molecule has 22 heavy (non-hydrogen) atoms. The molecule has 0 saturated carbocycles. The van der Waals surface area contributed by atoms with Crippen molar-refractivity contribution in [3.63, 3.8) is 0 Å². The average Bonchev–Trinajstić information content (AvgIpc) is 2.91. The zero-order valence-corrected chi connectivity index (χ0v) is 13.3. The molecule has 2 aromatic rings. The third kappa shape index (κ3) is 4.05. The van der Waals surface area contributed by atoms with Gasteiger partial charge in [0.25, 0.3) is 0 Å². The molecule has 2 rings (SSSR count). The smallest absolute Gasteiger partial charge is 0.348 e. The van der Waals surface area contributed by atoms with Crippen LogP contribution in [0.4, 0.5) is 5.69 Å². The first-order valence-corrected chi connectivity index (χ1v) is 7.76. The van der Waals surface area contributed by atoms with Gasteiger partial charge in [-0.25, -0.2) is 4.79 Å². The molecule has 1 heterocycles. The Morgan fingerprint density at radius 2 is 2.09 bits per heavy atom. The Labute approximate surface area is 133 Å². The van der Waals surface area contributed by atoms with Crippen molar-refractivity contribution >= 4 is 39.0 Å². The Kier molecular flexibility index (Phi) is 5.49. The molecule has 1 aromatic heterocycles. The molecular weight excluding hydrogens is 298 g/mol. The van der Waals surface area contributed by atoms with Crippen LogP contribution in [0, 0.1) is 0 Å². The Hall–Kier alpha value is -2.40. The van der Waals surface area contributed by atoms with Gasteiger partial charge in [-0.1, -0.05) is 18.2 Å².